The van der Waals surface area contributed by atoms with E-state index in [2.05, 4.69) is 64.4 Å². The van der Waals surface area contributed by atoms with E-state index in [9.17, 15) is 0 Å². The zero-order chi connectivity index (χ0) is 17.8. The van der Waals surface area contributed by atoms with Crippen LogP contribution in [0, 0.1) is 20.8 Å². The Morgan fingerprint density at radius 2 is 1.76 bits per heavy atom. The Bertz CT molecular complexity index is 755. The van der Waals surface area contributed by atoms with E-state index in [4.69, 9.17) is 5.73 Å². The summed E-state index contributed by atoms with van der Waals surface area (Å²) < 4.78 is 0. The minimum atomic E-state index is 0.433. The number of aliphatic imine (C=N–C) groups is 1. The Balaban J connectivity index is 1.70. The first-order valence-corrected chi connectivity index (χ1v) is 8.87. The number of aromatic nitrogens is 1. The lowest BCUT2D eigenvalue weighted by atomic mass is 10.1. The summed E-state index contributed by atoms with van der Waals surface area (Å²) in [5, 5.41) is 3.18. The third kappa shape index (κ3) is 4.72. The normalized spacial score (nSPS) is 14.8. The molecule has 1 fully saturated rings. The van der Waals surface area contributed by atoms with Crippen molar-refractivity contribution in [1.29, 1.82) is 0 Å². The van der Waals surface area contributed by atoms with Crippen molar-refractivity contribution in [3.05, 3.63) is 52.7 Å². The number of anilines is 2. The fraction of sp³-hybridized carbons (Fsp3) is 0.400. The van der Waals surface area contributed by atoms with Gasteiger partial charge in [0.15, 0.2) is 5.96 Å². The van der Waals surface area contributed by atoms with Gasteiger partial charge in [-0.1, -0.05) is 6.07 Å². The van der Waals surface area contributed by atoms with Crippen LogP contribution in [0.15, 0.2) is 35.3 Å². The van der Waals surface area contributed by atoms with Crippen LogP contribution in [0.4, 0.5) is 11.5 Å². The molecule has 2 aromatic rings. The largest absolute Gasteiger partial charge is 0.370 e. The second kappa shape index (κ2) is 7.55. The second-order valence-corrected chi connectivity index (χ2v) is 6.87. The Morgan fingerprint density at radius 3 is 2.44 bits per heavy atom. The summed E-state index contributed by atoms with van der Waals surface area (Å²) in [6.45, 7) is 8.92. The SMILES string of the molecule is Cc1cc(C)cc(NC(N)=NCc2cc(C)nc(N3CCCC3)c2)c1. The molecule has 0 spiro atoms. The third-order valence-electron chi connectivity index (χ3n) is 4.36. The monoisotopic (exact) mass is 337 g/mol. The van der Waals surface area contributed by atoms with Crippen molar-refractivity contribution in [2.24, 2.45) is 10.7 Å². The molecule has 0 saturated carbocycles. The van der Waals surface area contributed by atoms with Crippen LogP contribution in [-0.2, 0) is 6.54 Å². The number of nitrogens with two attached hydrogens (primary N) is 1. The Kier molecular flexibility index (Phi) is 5.22. The quantitative estimate of drug-likeness (QED) is 0.661. The van der Waals surface area contributed by atoms with Crippen LogP contribution in [0.2, 0.25) is 0 Å². The standard InChI is InChI=1S/C20H27N5/c1-14-8-15(2)10-18(9-14)24-20(21)22-13-17-11-16(3)23-19(12-17)25-6-4-5-7-25/h8-12H,4-7,13H2,1-3H3,(H3,21,22,24). The molecule has 0 bridgehead atoms. The zero-order valence-corrected chi connectivity index (χ0v) is 15.3. The number of hydrogen-bond acceptors (Lipinski definition) is 3. The van der Waals surface area contributed by atoms with Crippen LogP contribution in [0.3, 0.4) is 0 Å². The van der Waals surface area contributed by atoms with Crippen LogP contribution in [0.5, 0.6) is 0 Å². The van der Waals surface area contributed by atoms with E-state index >= 15 is 0 Å². The number of guanidine groups is 1. The molecule has 1 aliphatic heterocycles. The highest BCUT2D eigenvalue weighted by atomic mass is 15.2. The first-order chi connectivity index (χ1) is 12.0. The van der Waals surface area contributed by atoms with E-state index < -0.39 is 0 Å². The minimum absolute atomic E-state index is 0.433. The summed E-state index contributed by atoms with van der Waals surface area (Å²) in [6.07, 6.45) is 2.49. The number of rotatable bonds is 4. The zero-order valence-electron chi connectivity index (χ0n) is 15.3. The van der Waals surface area contributed by atoms with Crippen LogP contribution in [0.1, 0.15) is 35.2 Å². The van der Waals surface area contributed by atoms with E-state index in [0.29, 0.717) is 12.5 Å². The Morgan fingerprint density at radius 1 is 1.08 bits per heavy atom. The lowest BCUT2D eigenvalue weighted by Crippen LogP contribution is -2.23. The van der Waals surface area contributed by atoms with Crippen LogP contribution < -0.4 is 16.0 Å². The number of nitrogens with zero attached hydrogens (tertiary/aromatic N) is 3. The molecule has 1 saturated heterocycles. The number of aryl methyl sites for hydroxylation is 3. The highest BCUT2D eigenvalue weighted by Crippen LogP contribution is 2.20. The molecular weight excluding hydrogens is 310 g/mol. The van der Waals surface area contributed by atoms with Crippen LogP contribution in [0.25, 0.3) is 0 Å². The fourth-order valence-corrected chi connectivity index (χ4v) is 3.33. The molecule has 3 N–H and O–H groups in total. The van der Waals surface area contributed by atoms with Crippen LogP contribution >= 0.6 is 0 Å². The van der Waals surface area contributed by atoms with Gasteiger partial charge in [-0.05, 0) is 74.6 Å². The molecule has 25 heavy (non-hydrogen) atoms. The van der Waals surface area contributed by atoms with Gasteiger partial charge in [0.05, 0.1) is 6.54 Å². The van der Waals surface area contributed by atoms with Crippen molar-refractivity contribution in [2.45, 2.75) is 40.2 Å². The molecule has 1 aromatic carbocycles. The predicted octanol–water partition coefficient (Wildman–Crippen LogP) is 3.53. The van der Waals surface area contributed by atoms with Gasteiger partial charge in [0.25, 0.3) is 0 Å². The first-order valence-electron chi connectivity index (χ1n) is 8.87. The van der Waals surface area contributed by atoms with E-state index in [-0.39, 0.29) is 0 Å². The van der Waals surface area contributed by atoms with Crippen molar-refractivity contribution in [1.82, 2.24) is 4.98 Å². The summed E-state index contributed by atoms with van der Waals surface area (Å²) in [5.41, 5.74) is 11.6. The van der Waals surface area contributed by atoms with Crippen LogP contribution in [-0.4, -0.2) is 24.0 Å². The lowest BCUT2D eigenvalue weighted by Gasteiger charge is -2.17. The molecule has 0 unspecified atom stereocenters. The lowest BCUT2D eigenvalue weighted by molar-refractivity contribution is 0.918. The van der Waals surface area contributed by atoms with Gasteiger partial charge in [0.2, 0.25) is 0 Å². The molecule has 0 amide bonds. The smallest absolute Gasteiger partial charge is 0.193 e. The molecule has 1 aliphatic rings. The number of nitrogens with one attached hydrogen (secondary N) is 1. The number of pyridine rings is 1. The van der Waals surface area contributed by atoms with Gasteiger partial charge in [-0.25, -0.2) is 9.98 Å². The van der Waals surface area contributed by atoms with Crippen molar-refractivity contribution < 1.29 is 0 Å². The van der Waals surface area contributed by atoms with Crippen molar-refractivity contribution in [3.63, 3.8) is 0 Å². The summed E-state index contributed by atoms with van der Waals surface area (Å²) in [5.74, 6) is 1.49. The summed E-state index contributed by atoms with van der Waals surface area (Å²) in [6, 6.07) is 10.5. The van der Waals surface area contributed by atoms with Gasteiger partial charge in [0, 0.05) is 24.5 Å². The second-order valence-electron chi connectivity index (χ2n) is 6.87. The third-order valence-corrected chi connectivity index (χ3v) is 4.36. The summed E-state index contributed by atoms with van der Waals surface area (Å²) in [7, 11) is 0. The van der Waals surface area contributed by atoms with E-state index in [1.54, 1.807) is 0 Å². The molecule has 0 atom stereocenters. The predicted molar refractivity (Wildman–Crippen MR) is 105 cm³/mol. The van der Waals surface area contributed by atoms with Crippen molar-refractivity contribution in [3.8, 4) is 0 Å². The number of hydrogen-bond donors (Lipinski definition) is 2. The van der Waals surface area contributed by atoms with Gasteiger partial charge < -0.3 is 16.0 Å². The maximum atomic E-state index is 6.06. The Hall–Kier alpha value is -2.56. The minimum Gasteiger partial charge on any atom is -0.370 e. The number of benzene rings is 1. The highest BCUT2D eigenvalue weighted by molar-refractivity contribution is 5.92. The van der Waals surface area contributed by atoms with Gasteiger partial charge in [-0.2, -0.15) is 0 Å². The molecule has 2 heterocycles. The van der Waals surface area contributed by atoms with E-state index in [0.717, 1.165) is 35.9 Å². The summed E-state index contributed by atoms with van der Waals surface area (Å²) >= 11 is 0. The molecule has 0 aliphatic carbocycles. The van der Waals surface area contributed by atoms with E-state index in [1.807, 2.05) is 6.92 Å². The van der Waals surface area contributed by atoms with Crippen molar-refractivity contribution >= 4 is 17.5 Å². The van der Waals surface area contributed by atoms with Gasteiger partial charge in [-0.15, -0.1) is 0 Å². The maximum absolute atomic E-state index is 6.06. The van der Waals surface area contributed by atoms with E-state index in [1.165, 1.54) is 24.0 Å². The van der Waals surface area contributed by atoms with Gasteiger partial charge in [0.1, 0.15) is 5.82 Å². The van der Waals surface area contributed by atoms with Crippen molar-refractivity contribution in [2.75, 3.05) is 23.3 Å². The molecule has 132 valence electrons. The first kappa shape index (κ1) is 17.3. The Labute approximate surface area is 150 Å². The fourth-order valence-electron chi connectivity index (χ4n) is 3.33. The highest BCUT2D eigenvalue weighted by Gasteiger charge is 2.14. The molecular formula is C20H27N5. The van der Waals surface area contributed by atoms with Gasteiger partial charge >= 0.3 is 0 Å². The molecule has 5 nitrogen and oxygen atoms in total. The summed E-state index contributed by atoms with van der Waals surface area (Å²) in [4.78, 5) is 11.5. The maximum Gasteiger partial charge on any atom is 0.193 e. The molecule has 0 radical (unpaired) electrons. The topological polar surface area (TPSA) is 66.5 Å². The average Bonchev–Trinajstić information content (AvgIpc) is 3.06. The molecule has 1 aromatic heterocycles. The average molecular weight is 337 g/mol. The molecule has 5 heteroatoms. The van der Waals surface area contributed by atoms with Gasteiger partial charge in [-0.3, -0.25) is 0 Å². The molecule has 3 rings (SSSR count).